The van der Waals surface area contributed by atoms with Gasteiger partial charge in [-0.05, 0) is 210 Å². The minimum atomic E-state index is -0.159. The first-order valence-electron chi connectivity index (χ1n) is 33.5. The maximum atomic E-state index is 2.74. The van der Waals surface area contributed by atoms with Crippen LogP contribution in [0.3, 0.4) is 0 Å². The van der Waals surface area contributed by atoms with Gasteiger partial charge < -0.3 is 9.47 Å². The van der Waals surface area contributed by atoms with E-state index in [9.17, 15) is 0 Å². The molecule has 0 unspecified atom stereocenters. The number of hydrogen-bond donors (Lipinski definition) is 0. The van der Waals surface area contributed by atoms with Gasteiger partial charge in [-0.15, -0.1) is 0 Å². The number of benzene rings is 12. The highest BCUT2D eigenvalue weighted by molar-refractivity contribution is 8.00. The summed E-state index contributed by atoms with van der Waals surface area (Å²) in [4.78, 5) is 5.37. The summed E-state index contributed by atoms with van der Waals surface area (Å²) < 4.78 is 2.57. The molecule has 0 amide bonds. The summed E-state index contributed by atoms with van der Waals surface area (Å²) >= 11 is 1.96. The van der Waals surface area contributed by atoms with Crippen molar-refractivity contribution in [1.29, 1.82) is 0 Å². The van der Waals surface area contributed by atoms with E-state index in [1.807, 2.05) is 11.8 Å². The van der Waals surface area contributed by atoms with E-state index in [1.54, 1.807) is 0 Å². The van der Waals surface area contributed by atoms with Crippen molar-refractivity contribution < 1.29 is 0 Å². The molecule has 12 aromatic carbocycles. The van der Waals surface area contributed by atoms with E-state index in [4.69, 9.17) is 0 Å². The molecule has 0 saturated heterocycles. The van der Waals surface area contributed by atoms with Gasteiger partial charge >= 0.3 is 0 Å². The molecule has 92 heavy (non-hydrogen) atoms. The highest BCUT2D eigenvalue weighted by Gasteiger charge is 2.44. The second-order valence-corrected chi connectivity index (χ2v) is 34.2. The normalized spacial score (nSPS) is 13.9. The second-order valence-electron chi connectivity index (χ2n) is 33.1. The highest BCUT2D eigenvalue weighted by Crippen LogP contribution is 2.53. The van der Waals surface area contributed by atoms with Crippen LogP contribution < -0.4 is 21.3 Å². The largest absolute Gasteiger partial charge is 0.310 e. The first-order chi connectivity index (χ1) is 43.4. The maximum Gasteiger partial charge on any atom is 0.249 e. The molecular weight excluding hydrogens is 1130 g/mol. The van der Waals surface area contributed by atoms with Crippen LogP contribution in [0.25, 0.3) is 93.2 Å². The lowest BCUT2D eigenvalue weighted by molar-refractivity contribution is 0.589. The number of hydrogen-bond acceptors (Lipinski definition) is 2. The molecule has 0 spiro atoms. The van der Waals surface area contributed by atoms with E-state index in [-0.39, 0.29) is 39.2 Å². The fraction of sp³-hybridized carbons (Fsp3) is 0.273. The Morgan fingerprint density at radius 1 is 0.315 bits per heavy atom. The van der Waals surface area contributed by atoms with Crippen LogP contribution in [0, 0.1) is 0 Å². The van der Waals surface area contributed by atoms with Crippen molar-refractivity contribution in [2.24, 2.45) is 0 Å². The Kier molecular flexibility index (Phi) is 13.4. The monoisotopic (exact) mass is 1210 g/mol. The Bertz CT molecular complexity index is 5040. The molecule has 458 valence electrons. The molecule has 2 nitrogen and oxygen atoms in total. The first kappa shape index (κ1) is 60.0. The Morgan fingerprint density at radius 3 is 1.35 bits per heavy atom. The fourth-order valence-corrected chi connectivity index (χ4v) is 16.1. The Morgan fingerprint density at radius 2 is 0.804 bits per heavy atom. The average molecular weight is 1220 g/mol. The van der Waals surface area contributed by atoms with Crippen LogP contribution in [0.1, 0.15) is 158 Å². The molecule has 0 radical (unpaired) electrons. The lowest BCUT2D eigenvalue weighted by Crippen LogP contribution is -2.60. The Hall–Kier alpha value is -8.31. The fourth-order valence-electron chi connectivity index (χ4n) is 15.0. The Balaban J connectivity index is 1.07. The maximum absolute atomic E-state index is 2.74. The minimum Gasteiger partial charge on any atom is -0.310 e. The molecule has 0 fully saturated rings. The Labute approximate surface area is 551 Å². The molecule has 2 aliphatic rings. The standard InChI is InChI=1S/C88H87BN2S/c1-83(2,3)58-32-36-73-68(44-58)69-45-59(84(4,5)6)33-37-74(69)90(73)64-34-35-71-75(51-64)91(82-66(52-25-21-19-22-26-52)46-62(87(13,14)15)47-67(82)53-27-23-20-24-28-53)76-49-63(88(16,17)18)50-78-81(76)89(71)72-43-54(31-38-77(72)92-78)65-42-57-41-60(85(7,8)9)39-55-29-30-56-40-61(86(10,11)12)48-70(65)80(56)79(55)57/h19-51H,1-18H3. The van der Waals surface area contributed by atoms with Crippen LogP contribution in [-0.2, 0) is 32.5 Å². The molecule has 0 aliphatic carbocycles. The predicted molar refractivity (Wildman–Crippen MR) is 403 cm³/mol. The molecular formula is C88H87BN2S. The van der Waals surface area contributed by atoms with Crippen LogP contribution in [-0.4, -0.2) is 11.3 Å². The third-order valence-corrected chi connectivity index (χ3v) is 21.6. The number of aromatic nitrogens is 1. The molecule has 2 aliphatic heterocycles. The number of fused-ring (bicyclic) bond motifs is 7. The lowest BCUT2D eigenvalue weighted by atomic mass is 9.34. The SMILES string of the molecule is CC(C)(C)c1cc(-c2ccccc2)c(N2c3cc(-n4c5ccc(C(C)(C)C)cc5c5cc(C(C)(C)C)ccc54)ccc3B3c4cc(-c5cc6cc(C(C)(C)C)cc7ccc8cc(C(C)(C)C)cc5c8c76)ccc4Sc4cc(C(C)(C)C)cc2c43)c(-c2ccccc2)c1. The molecule has 0 N–H and O–H groups in total. The predicted octanol–water partition coefficient (Wildman–Crippen LogP) is 23.2. The van der Waals surface area contributed by atoms with E-state index in [1.165, 1.54) is 164 Å². The van der Waals surface area contributed by atoms with Crippen LogP contribution in [0.4, 0.5) is 17.1 Å². The van der Waals surface area contributed by atoms with E-state index in [0.29, 0.717) is 0 Å². The van der Waals surface area contributed by atoms with Gasteiger partial charge in [-0.3, -0.25) is 0 Å². The third kappa shape index (κ3) is 9.82. The van der Waals surface area contributed by atoms with Crippen LogP contribution >= 0.6 is 11.8 Å². The summed E-state index contributed by atoms with van der Waals surface area (Å²) in [6.07, 6.45) is 0. The van der Waals surface area contributed by atoms with Crippen LogP contribution in [0.15, 0.2) is 210 Å². The zero-order chi connectivity index (χ0) is 64.7. The first-order valence-corrected chi connectivity index (χ1v) is 34.3. The molecule has 1 aromatic heterocycles. The number of anilines is 3. The second kappa shape index (κ2) is 20.6. The van der Waals surface area contributed by atoms with Crippen LogP contribution in [0.5, 0.6) is 0 Å². The van der Waals surface area contributed by atoms with Gasteiger partial charge in [-0.25, -0.2) is 0 Å². The van der Waals surface area contributed by atoms with Gasteiger partial charge in [0.25, 0.3) is 0 Å². The zero-order valence-electron chi connectivity index (χ0n) is 57.4. The van der Waals surface area contributed by atoms with Gasteiger partial charge in [0, 0.05) is 48.8 Å². The van der Waals surface area contributed by atoms with Crippen molar-refractivity contribution in [3.8, 4) is 39.1 Å². The zero-order valence-corrected chi connectivity index (χ0v) is 58.2. The van der Waals surface area contributed by atoms with E-state index < -0.39 is 0 Å². The number of nitrogens with zero attached hydrogens (tertiary/aromatic N) is 2. The highest BCUT2D eigenvalue weighted by atomic mass is 32.2. The van der Waals surface area contributed by atoms with Gasteiger partial charge in [-0.1, -0.05) is 263 Å². The minimum absolute atomic E-state index is 0.0153. The van der Waals surface area contributed by atoms with Gasteiger partial charge in [0.15, 0.2) is 0 Å². The van der Waals surface area contributed by atoms with Crippen molar-refractivity contribution in [1.82, 2.24) is 4.57 Å². The summed E-state index contributed by atoms with van der Waals surface area (Å²) in [5, 5.41) is 10.5. The molecule has 15 rings (SSSR count). The topological polar surface area (TPSA) is 8.17 Å². The quantitative estimate of drug-likeness (QED) is 0.125. The van der Waals surface area contributed by atoms with Crippen LogP contribution in [0.2, 0.25) is 0 Å². The molecule has 0 atom stereocenters. The van der Waals surface area contributed by atoms with Crippen molar-refractivity contribution in [2.75, 3.05) is 4.90 Å². The van der Waals surface area contributed by atoms with E-state index >= 15 is 0 Å². The van der Waals surface area contributed by atoms with Gasteiger partial charge in [0.05, 0.1) is 16.7 Å². The molecule has 0 saturated carbocycles. The van der Waals surface area contributed by atoms with E-state index in [2.05, 4.69) is 334 Å². The molecule has 3 heterocycles. The van der Waals surface area contributed by atoms with Crippen molar-refractivity contribution in [3.63, 3.8) is 0 Å². The summed E-state index contributed by atoms with van der Waals surface area (Å²) in [7, 11) is 0. The smallest absolute Gasteiger partial charge is 0.249 e. The van der Waals surface area contributed by atoms with Crippen molar-refractivity contribution in [3.05, 3.63) is 234 Å². The van der Waals surface area contributed by atoms with Gasteiger partial charge in [0.2, 0.25) is 6.71 Å². The molecule has 4 heteroatoms. The summed E-state index contributed by atoms with van der Waals surface area (Å²) in [5.41, 5.74) is 26.2. The van der Waals surface area contributed by atoms with E-state index in [0.717, 1.165) is 5.69 Å². The third-order valence-electron chi connectivity index (χ3n) is 20.4. The van der Waals surface area contributed by atoms with Gasteiger partial charge in [-0.2, -0.15) is 0 Å². The molecule has 0 bridgehead atoms. The summed E-state index contributed by atoms with van der Waals surface area (Å²) in [6.45, 7) is 42.3. The van der Waals surface area contributed by atoms with Crippen molar-refractivity contribution >= 4 is 106 Å². The van der Waals surface area contributed by atoms with Gasteiger partial charge in [0.1, 0.15) is 0 Å². The lowest BCUT2D eigenvalue weighted by Gasteiger charge is -2.43. The van der Waals surface area contributed by atoms with Crippen molar-refractivity contribution in [2.45, 2.75) is 167 Å². The number of rotatable bonds is 5. The summed E-state index contributed by atoms with van der Waals surface area (Å²) in [6, 6.07) is 79.4. The average Bonchev–Trinajstić information content (AvgIpc) is 0.728. The summed E-state index contributed by atoms with van der Waals surface area (Å²) in [5.74, 6) is 0. The molecule has 13 aromatic rings.